The summed E-state index contributed by atoms with van der Waals surface area (Å²) in [6, 6.07) is 36.2. The van der Waals surface area contributed by atoms with E-state index >= 15 is 0 Å². The Hall–Kier alpha value is -5.01. The first-order chi connectivity index (χ1) is 23.0. The molecule has 0 aliphatic rings. The van der Waals surface area contributed by atoms with E-state index in [1.54, 1.807) is 19.9 Å². The van der Waals surface area contributed by atoms with Crippen LogP contribution < -0.4 is 0 Å². The fraction of sp³-hybridized carbons (Fsp3) is 0.275. The van der Waals surface area contributed by atoms with Crippen molar-refractivity contribution in [2.75, 3.05) is 13.2 Å². The molecular weight excluding hydrogens is 586 g/mol. The highest BCUT2D eigenvalue weighted by Crippen LogP contribution is 2.32. The Balaban J connectivity index is 1.63. The second-order valence-corrected chi connectivity index (χ2v) is 11.5. The molecule has 0 amide bonds. The minimum Gasteiger partial charge on any atom is -0.462 e. The highest BCUT2D eigenvalue weighted by Gasteiger charge is 2.23. The summed E-state index contributed by atoms with van der Waals surface area (Å²) in [5, 5.41) is 0. The third kappa shape index (κ3) is 8.63. The summed E-state index contributed by atoms with van der Waals surface area (Å²) in [4.78, 5) is 33.4. The number of carbonyl (C=O) groups is 2. The Morgan fingerprint density at radius 3 is 1.74 bits per heavy atom. The Morgan fingerprint density at radius 1 is 0.660 bits per heavy atom. The Labute approximate surface area is 277 Å². The van der Waals surface area contributed by atoms with Crippen LogP contribution in [0.2, 0.25) is 0 Å². The van der Waals surface area contributed by atoms with Gasteiger partial charge in [0.2, 0.25) is 0 Å². The van der Waals surface area contributed by atoms with Crippen LogP contribution in [0.15, 0.2) is 109 Å². The van der Waals surface area contributed by atoms with Crippen molar-refractivity contribution in [3.8, 4) is 22.6 Å². The molecule has 47 heavy (non-hydrogen) atoms. The van der Waals surface area contributed by atoms with Crippen LogP contribution in [0.1, 0.15) is 71.1 Å². The van der Waals surface area contributed by atoms with Crippen LogP contribution in [0.3, 0.4) is 0 Å². The van der Waals surface area contributed by atoms with E-state index in [-0.39, 0.29) is 13.2 Å². The smallest absolute Gasteiger partial charge is 0.338 e. The number of aromatic nitrogens is 2. The van der Waals surface area contributed by atoms with Crippen LogP contribution >= 0.6 is 0 Å². The van der Waals surface area contributed by atoms with Crippen molar-refractivity contribution < 1.29 is 19.1 Å². The summed E-state index contributed by atoms with van der Waals surface area (Å²) in [6.45, 7) is 8.77. The van der Waals surface area contributed by atoms with Gasteiger partial charge in [-0.05, 0) is 49.6 Å². The lowest BCUT2D eigenvalue weighted by atomic mass is 10.0. The van der Waals surface area contributed by atoms with Gasteiger partial charge in [-0.2, -0.15) is 0 Å². The van der Waals surface area contributed by atoms with Crippen molar-refractivity contribution in [3.05, 3.63) is 137 Å². The lowest BCUT2D eigenvalue weighted by Crippen LogP contribution is -2.25. The van der Waals surface area contributed by atoms with Gasteiger partial charge in [-0.25, -0.2) is 14.6 Å². The molecule has 0 saturated heterocycles. The number of carbonyl (C=O) groups excluding carboxylic acids is 2. The zero-order valence-electron chi connectivity index (χ0n) is 27.5. The first kappa shape index (κ1) is 33.4. The van der Waals surface area contributed by atoms with Crippen LogP contribution in [0.25, 0.3) is 22.6 Å². The fourth-order valence-corrected chi connectivity index (χ4v) is 5.77. The van der Waals surface area contributed by atoms with Crippen molar-refractivity contribution in [1.29, 1.82) is 0 Å². The third-order valence-electron chi connectivity index (χ3n) is 7.93. The number of rotatable bonds is 15. The van der Waals surface area contributed by atoms with Gasteiger partial charge in [0.15, 0.2) is 0 Å². The van der Waals surface area contributed by atoms with Gasteiger partial charge in [-0.15, -0.1) is 0 Å². The first-order valence-corrected chi connectivity index (χ1v) is 16.4. The number of imidazole rings is 1. The molecule has 5 rings (SSSR count). The molecule has 7 nitrogen and oxygen atoms in total. The van der Waals surface area contributed by atoms with Gasteiger partial charge in [0, 0.05) is 37.3 Å². The summed E-state index contributed by atoms with van der Waals surface area (Å²) in [5.74, 6) is 0.0125. The summed E-state index contributed by atoms with van der Waals surface area (Å²) >= 11 is 0. The van der Waals surface area contributed by atoms with Crippen LogP contribution in [0.4, 0.5) is 0 Å². The standard InChI is InChI=1S/C40H43N3O4/c1-4-7-23-43-36(37(32-19-13-9-14-20-32)41-38(43)33-21-15-10-16-22-33)29-42(27-30-17-11-8-12-18-30)28-31-24-34(39(44)46-5-2)26-35(25-31)40(45)47-6-3/h8-22,24-26H,4-7,23,27-29H2,1-3H3. The Morgan fingerprint density at radius 2 is 1.19 bits per heavy atom. The third-order valence-corrected chi connectivity index (χ3v) is 7.93. The molecule has 0 spiro atoms. The van der Waals surface area contributed by atoms with Gasteiger partial charge in [0.1, 0.15) is 5.82 Å². The number of ether oxygens (including phenoxy) is 2. The van der Waals surface area contributed by atoms with E-state index < -0.39 is 11.9 Å². The van der Waals surface area contributed by atoms with Crippen molar-refractivity contribution >= 4 is 11.9 Å². The van der Waals surface area contributed by atoms with E-state index in [1.165, 1.54) is 0 Å². The summed E-state index contributed by atoms with van der Waals surface area (Å²) in [5.41, 5.74) is 6.83. The van der Waals surface area contributed by atoms with Gasteiger partial charge in [-0.3, -0.25) is 4.90 Å². The van der Waals surface area contributed by atoms with Gasteiger partial charge in [-0.1, -0.05) is 104 Å². The van der Waals surface area contributed by atoms with Crippen LogP contribution in [0, 0.1) is 0 Å². The van der Waals surface area contributed by atoms with E-state index in [0.29, 0.717) is 30.8 Å². The average Bonchev–Trinajstić information content (AvgIpc) is 3.46. The van der Waals surface area contributed by atoms with Crippen LogP contribution in [0.5, 0.6) is 0 Å². The van der Waals surface area contributed by atoms with Crippen molar-refractivity contribution in [3.63, 3.8) is 0 Å². The summed E-state index contributed by atoms with van der Waals surface area (Å²) in [6.07, 6.45) is 2.07. The molecule has 7 heteroatoms. The van der Waals surface area contributed by atoms with Crippen molar-refractivity contribution in [1.82, 2.24) is 14.5 Å². The number of nitrogens with zero attached hydrogens (tertiary/aromatic N) is 3. The Bertz CT molecular complexity index is 1710. The quantitative estimate of drug-likeness (QED) is 0.108. The second-order valence-electron chi connectivity index (χ2n) is 11.5. The lowest BCUT2D eigenvalue weighted by molar-refractivity contribution is 0.0524. The van der Waals surface area contributed by atoms with E-state index in [1.807, 2.05) is 54.6 Å². The first-order valence-electron chi connectivity index (χ1n) is 16.4. The molecule has 0 fully saturated rings. The van der Waals surface area contributed by atoms with Gasteiger partial charge >= 0.3 is 11.9 Å². The SMILES string of the molecule is CCCCn1c(-c2ccccc2)nc(-c2ccccc2)c1CN(Cc1ccccc1)Cc1cc(C(=O)OCC)cc(C(=O)OCC)c1. The number of benzene rings is 4. The van der Waals surface area contributed by atoms with E-state index in [2.05, 4.69) is 64.9 Å². The average molecular weight is 630 g/mol. The largest absolute Gasteiger partial charge is 0.462 e. The predicted molar refractivity (Wildman–Crippen MR) is 186 cm³/mol. The van der Waals surface area contributed by atoms with E-state index in [0.717, 1.165) is 58.9 Å². The highest BCUT2D eigenvalue weighted by atomic mass is 16.5. The van der Waals surface area contributed by atoms with Gasteiger partial charge in [0.25, 0.3) is 0 Å². The zero-order chi connectivity index (χ0) is 33.0. The summed E-state index contributed by atoms with van der Waals surface area (Å²) < 4.78 is 13.0. The monoisotopic (exact) mass is 629 g/mol. The molecule has 4 aromatic carbocycles. The minimum absolute atomic E-state index is 0.242. The molecule has 0 N–H and O–H groups in total. The number of hydrogen-bond acceptors (Lipinski definition) is 6. The molecule has 5 aromatic rings. The fourth-order valence-electron chi connectivity index (χ4n) is 5.77. The maximum absolute atomic E-state index is 12.9. The predicted octanol–water partition coefficient (Wildman–Crippen LogP) is 8.57. The molecule has 0 saturated carbocycles. The highest BCUT2D eigenvalue weighted by molar-refractivity contribution is 5.95. The molecule has 0 unspecified atom stereocenters. The molecule has 0 bridgehead atoms. The maximum atomic E-state index is 12.9. The molecule has 0 radical (unpaired) electrons. The molecule has 1 heterocycles. The summed E-state index contributed by atoms with van der Waals surface area (Å²) in [7, 11) is 0. The molecule has 0 aliphatic heterocycles. The minimum atomic E-state index is -0.467. The molecule has 242 valence electrons. The zero-order valence-corrected chi connectivity index (χ0v) is 27.5. The normalized spacial score (nSPS) is 11.1. The Kier molecular flexibility index (Phi) is 11.7. The maximum Gasteiger partial charge on any atom is 0.338 e. The van der Waals surface area contributed by atoms with Crippen molar-refractivity contribution in [2.45, 2.75) is 59.8 Å². The van der Waals surface area contributed by atoms with Gasteiger partial charge < -0.3 is 14.0 Å². The van der Waals surface area contributed by atoms with E-state index in [4.69, 9.17) is 14.5 Å². The van der Waals surface area contributed by atoms with Crippen LogP contribution in [-0.4, -0.2) is 39.6 Å². The number of hydrogen-bond donors (Lipinski definition) is 0. The molecule has 0 aliphatic carbocycles. The molecule has 1 aromatic heterocycles. The van der Waals surface area contributed by atoms with Gasteiger partial charge in [0.05, 0.1) is 35.7 Å². The lowest BCUT2D eigenvalue weighted by Gasteiger charge is -2.25. The number of unbranched alkanes of at least 4 members (excludes halogenated alkanes) is 1. The molecular formula is C40H43N3O4. The molecule has 0 atom stereocenters. The van der Waals surface area contributed by atoms with Crippen LogP contribution in [-0.2, 0) is 35.7 Å². The number of esters is 2. The second kappa shape index (κ2) is 16.5. The van der Waals surface area contributed by atoms with Crippen molar-refractivity contribution in [2.24, 2.45) is 0 Å². The topological polar surface area (TPSA) is 73.7 Å². The van der Waals surface area contributed by atoms with E-state index in [9.17, 15) is 9.59 Å².